The Morgan fingerprint density at radius 1 is 1.31 bits per heavy atom. The quantitative estimate of drug-likeness (QED) is 0.773. The van der Waals surface area contributed by atoms with E-state index in [9.17, 15) is 5.21 Å². The topological polar surface area (TPSA) is 59.0 Å². The van der Waals surface area contributed by atoms with Crippen LogP contribution in [0.2, 0.25) is 0 Å². The van der Waals surface area contributed by atoms with E-state index in [0.717, 1.165) is 0 Å². The molecule has 0 bridgehead atoms. The van der Waals surface area contributed by atoms with Crippen molar-refractivity contribution in [1.29, 1.82) is 0 Å². The first-order valence-electron chi connectivity index (χ1n) is 5.06. The standard InChI is InChI=1S/C11H17N2O3/c1-9(12(2)3)8-16-11-6-4-10(5-7-11)13(14)15/h4-7,9,14H,8H2,1-3H3/q-1/t9-/m1/s1. The molecule has 0 aliphatic carbocycles. The fraction of sp³-hybridized carbons (Fsp3) is 0.455. The van der Waals surface area contributed by atoms with E-state index in [1.807, 2.05) is 14.1 Å². The first-order valence-corrected chi connectivity index (χ1v) is 5.06. The van der Waals surface area contributed by atoms with Gasteiger partial charge in [-0.1, -0.05) is 0 Å². The van der Waals surface area contributed by atoms with Crippen molar-refractivity contribution >= 4 is 5.69 Å². The molecule has 16 heavy (non-hydrogen) atoms. The second-order valence-corrected chi connectivity index (χ2v) is 3.89. The van der Waals surface area contributed by atoms with Gasteiger partial charge in [-0.25, -0.2) is 0 Å². The van der Waals surface area contributed by atoms with Crippen molar-refractivity contribution in [1.82, 2.24) is 4.90 Å². The van der Waals surface area contributed by atoms with Crippen LogP contribution in [-0.4, -0.2) is 36.9 Å². The molecule has 0 saturated heterocycles. The fourth-order valence-corrected chi connectivity index (χ4v) is 1.04. The number of benzene rings is 1. The number of rotatable bonds is 5. The first kappa shape index (κ1) is 12.8. The number of ether oxygens (including phenoxy) is 1. The molecule has 1 rings (SSSR count). The zero-order valence-electron chi connectivity index (χ0n) is 9.75. The van der Waals surface area contributed by atoms with Crippen LogP contribution in [-0.2, 0) is 0 Å². The molecule has 0 fully saturated rings. The average Bonchev–Trinajstić information content (AvgIpc) is 2.26. The van der Waals surface area contributed by atoms with Gasteiger partial charge in [0.05, 0.1) is 5.69 Å². The summed E-state index contributed by atoms with van der Waals surface area (Å²) in [6.07, 6.45) is 0. The maximum absolute atomic E-state index is 10.5. The highest BCUT2D eigenvalue weighted by atomic mass is 16.8. The lowest BCUT2D eigenvalue weighted by Gasteiger charge is -2.22. The molecule has 0 spiro atoms. The van der Waals surface area contributed by atoms with Gasteiger partial charge in [-0.2, -0.15) is 0 Å². The molecule has 1 aromatic rings. The zero-order valence-corrected chi connectivity index (χ0v) is 9.75. The van der Waals surface area contributed by atoms with Crippen LogP contribution in [0.3, 0.4) is 0 Å². The Kier molecular flexibility index (Phi) is 4.54. The van der Waals surface area contributed by atoms with E-state index in [1.54, 1.807) is 12.1 Å². The van der Waals surface area contributed by atoms with Gasteiger partial charge >= 0.3 is 0 Å². The molecular weight excluding hydrogens is 208 g/mol. The van der Waals surface area contributed by atoms with E-state index in [-0.39, 0.29) is 10.9 Å². The van der Waals surface area contributed by atoms with E-state index in [0.29, 0.717) is 18.4 Å². The van der Waals surface area contributed by atoms with E-state index in [2.05, 4.69) is 11.8 Å². The van der Waals surface area contributed by atoms with Crippen LogP contribution in [0.15, 0.2) is 24.3 Å². The monoisotopic (exact) mass is 225 g/mol. The summed E-state index contributed by atoms with van der Waals surface area (Å²) in [6, 6.07) is 6.62. The Bertz CT molecular complexity index is 312. The van der Waals surface area contributed by atoms with Crippen LogP contribution < -0.4 is 9.96 Å². The van der Waals surface area contributed by atoms with Crippen molar-refractivity contribution in [3.05, 3.63) is 29.5 Å². The van der Waals surface area contributed by atoms with E-state index in [4.69, 9.17) is 9.94 Å². The van der Waals surface area contributed by atoms with Crippen molar-refractivity contribution in [2.45, 2.75) is 13.0 Å². The molecule has 0 aliphatic heterocycles. The van der Waals surface area contributed by atoms with E-state index >= 15 is 0 Å². The van der Waals surface area contributed by atoms with Crippen molar-refractivity contribution in [3.8, 4) is 5.75 Å². The smallest absolute Gasteiger partial charge is 0.119 e. The van der Waals surface area contributed by atoms with E-state index in [1.165, 1.54) is 12.1 Å². The molecule has 0 aliphatic rings. The number of nitrogens with zero attached hydrogens (tertiary/aromatic N) is 2. The Labute approximate surface area is 95.4 Å². The van der Waals surface area contributed by atoms with Gasteiger partial charge in [0.25, 0.3) is 0 Å². The molecule has 0 amide bonds. The average molecular weight is 225 g/mol. The van der Waals surface area contributed by atoms with E-state index < -0.39 is 0 Å². The second-order valence-electron chi connectivity index (χ2n) is 3.89. The molecular formula is C11H17N2O3-. The Morgan fingerprint density at radius 2 is 1.88 bits per heavy atom. The summed E-state index contributed by atoms with van der Waals surface area (Å²) in [5.74, 6) is 0.680. The van der Waals surface area contributed by atoms with Crippen molar-refractivity contribution in [2.75, 3.05) is 25.9 Å². The number of hydrogen-bond acceptors (Lipinski definition) is 5. The molecule has 0 aromatic heterocycles. The summed E-state index contributed by atoms with van der Waals surface area (Å²) in [5.41, 5.74) is 0.188. The van der Waals surface area contributed by atoms with Gasteiger partial charge in [0, 0.05) is 6.04 Å². The molecule has 0 radical (unpaired) electrons. The molecule has 5 nitrogen and oxygen atoms in total. The minimum atomic E-state index is -0.174. The van der Waals surface area contributed by atoms with Crippen LogP contribution in [0.5, 0.6) is 5.75 Å². The third-order valence-electron chi connectivity index (χ3n) is 2.43. The van der Waals surface area contributed by atoms with Crippen molar-refractivity contribution in [3.63, 3.8) is 0 Å². The maximum atomic E-state index is 10.5. The molecule has 5 heteroatoms. The lowest BCUT2D eigenvalue weighted by Crippen LogP contribution is -2.30. The molecule has 0 saturated carbocycles. The Morgan fingerprint density at radius 3 is 2.31 bits per heavy atom. The molecule has 0 heterocycles. The maximum Gasteiger partial charge on any atom is 0.119 e. The third-order valence-corrected chi connectivity index (χ3v) is 2.43. The summed E-state index contributed by atoms with van der Waals surface area (Å²) in [4.78, 5) is 2.06. The minimum absolute atomic E-state index is 0.174. The summed E-state index contributed by atoms with van der Waals surface area (Å²) in [6.45, 7) is 2.63. The third kappa shape index (κ3) is 3.69. The van der Waals surface area contributed by atoms with Gasteiger partial charge in [0.2, 0.25) is 0 Å². The SMILES string of the molecule is C[C@H](COc1ccc(N([O-])O)cc1)N(C)C. The van der Waals surface area contributed by atoms with Crippen molar-refractivity contribution in [2.24, 2.45) is 0 Å². The lowest BCUT2D eigenvalue weighted by molar-refractivity contribution is 0.198. The summed E-state index contributed by atoms with van der Waals surface area (Å²) >= 11 is 0. The predicted octanol–water partition coefficient (Wildman–Crippen LogP) is 1.71. The molecule has 0 unspecified atom stereocenters. The highest BCUT2D eigenvalue weighted by molar-refractivity contribution is 5.47. The molecule has 90 valence electrons. The molecule has 1 atom stereocenters. The summed E-state index contributed by atoms with van der Waals surface area (Å²) in [7, 11) is 3.97. The highest BCUT2D eigenvalue weighted by Gasteiger charge is 2.05. The first-order chi connectivity index (χ1) is 7.50. The predicted molar refractivity (Wildman–Crippen MR) is 62.7 cm³/mol. The molecule has 1 aromatic carbocycles. The number of anilines is 1. The van der Waals surface area contributed by atoms with Gasteiger partial charge in [-0.3, -0.25) is 5.21 Å². The van der Waals surface area contributed by atoms with Gasteiger partial charge in [-0.15, -0.1) is 0 Å². The zero-order chi connectivity index (χ0) is 12.1. The Balaban J connectivity index is 2.49. The van der Waals surface area contributed by atoms with Crippen LogP contribution in [0.4, 0.5) is 5.69 Å². The van der Waals surface area contributed by atoms with Gasteiger partial charge in [0.1, 0.15) is 12.4 Å². The fourth-order valence-electron chi connectivity index (χ4n) is 1.04. The minimum Gasteiger partial charge on any atom is -0.733 e. The highest BCUT2D eigenvalue weighted by Crippen LogP contribution is 2.17. The Hall–Kier alpha value is -1.30. The lowest BCUT2D eigenvalue weighted by atomic mass is 10.3. The normalized spacial score (nSPS) is 12.6. The number of hydrogen-bond donors (Lipinski definition) is 1. The van der Waals surface area contributed by atoms with Crippen LogP contribution in [0.25, 0.3) is 0 Å². The van der Waals surface area contributed by atoms with Gasteiger partial charge < -0.3 is 20.1 Å². The van der Waals surface area contributed by atoms with Crippen molar-refractivity contribution < 1.29 is 9.94 Å². The van der Waals surface area contributed by atoms with Crippen LogP contribution >= 0.6 is 0 Å². The van der Waals surface area contributed by atoms with Crippen LogP contribution in [0.1, 0.15) is 6.92 Å². The molecule has 1 N–H and O–H groups in total. The summed E-state index contributed by atoms with van der Waals surface area (Å²) < 4.78 is 5.52. The van der Waals surface area contributed by atoms with Gasteiger partial charge in [-0.05, 0) is 45.3 Å². The summed E-state index contributed by atoms with van der Waals surface area (Å²) in [5, 5.41) is 19.0. The largest absolute Gasteiger partial charge is 0.733 e. The number of likely N-dealkylation sites (N-methyl/N-ethyl adjacent to an activating group) is 1. The van der Waals surface area contributed by atoms with Crippen LogP contribution in [0, 0.1) is 5.21 Å². The van der Waals surface area contributed by atoms with Gasteiger partial charge in [0.15, 0.2) is 0 Å². The second kappa shape index (κ2) is 5.69.